The summed E-state index contributed by atoms with van der Waals surface area (Å²) in [6.07, 6.45) is 1.27. The highest BCUT2D eigenvalue weighted by Gasteiger charge is 2.49. The smallest absolute Gasteiger partial charge is 0.231 e. The van der Waals surface area contributed by atoms with E-state index in [9.17, 15) is 0 Å². The van der Waals surface area contributed by atoms with E-state index in [1.807, 2.05) is 55.4 Å². The molecule has 5 nitrogen and oxygen atoms in total. The topological polar surface area (TPSA) is 53.1 Å². The van der Waals surface area contributed by atoms with Crippen LogP contribution in [-0.2, 0) is 0 Å². The van der Waals surface area contributed by atoms with Crippen molar-refractivity contribution in [1.29, 1.82) is 0 Å². The Morgan fingerprint density at radius 2 is 1.79 bits per heavy atom. The van der Waals surface area contributed by atoms with E-state index in [0.29, 0.717) is 29.2 Å². The predicted octanol–water partition coefficient (Wildman–Crippen LogP) is 5.40. The summed E-state index contributed by atoms with van der Waals surface area (Å²) in [4.78, 5) is 11.5. The number of hydrogen-bond donors (Lipinski definition) is 2. The molecule has 152 valence electrons. The van der Waals surface area contributed by atoms with Crippen LogP contribution in [0.1, 0.15) is 41.0 Å². The molecule has 1 aromatic carbocycles. The molecule has 2 N–H and O–H groups in total. The molecule has 2 aromatic rings. The lowest BCUT2D eigenvalue weighted by Gasteiger charge is -2.55. The second kappa shape index (κ2) is 7.98. The summed E-state index contributed by atoms with van der Waals surface area (Å²) in [7, 11) is 4.02. The van der Waals surface area contributed by atoms with Crippen LogP contribution in [-0.4, -0.2) is 30.1 Å². The summed E-state index contributed by atoms with van der Waals surface area (Å²) in [5, 5.41) is 7.09. The van der Waals surface area contributed by atoms with E-state index in [4.69, 9.17) is 4.98 Å². The van der Waals surface area contributed by atoms with E-state index >= 15 is 0 Å². The van der Waals surface area contributed by atoms with Crippen molar-refractivity contribution in [2.45, 2.75) is 47.1 Å². The Morgan fingerprint density at radius 1 is 1.11 bits per heavy atom. The molecule has 1 aromatic heterocycles. The quantitative estimate of drug-likeness (QED) is 0.672. The van der Waals surface area contributed by atoms with Gasteiger partial charge in [-0.15, -0.1) is 0 Å². The van der Waals surface area contributed by atoms with Crippen molar-refractivity contribution in [2.75, 3.05) is 29.6 Å². The SMILES string of the molecule is CC(C)[C@@H](Nc1cc(N(C)C)nc(Nc2ccccc2)n1)C1CC(C)C1(C)C. The summed E-state index contributed by atoms with van der Waals surface area (Å²) in [6.45, 7) is 11.8. The maximum absolute atomic E-state index is 4.78. The highest BCUT2D eigenvalue weighted by molar-refractivity contribution is 5.59. The molecule has 1 aliphatic rings. The van der Waals surface area contributed by atoms with E-state index in [1.165, 1.54) is 6.42 Å². The Labute approximate surface area is 170 Å². The second-order valence-corrected chi connectivity index (χ2v) is 9.30. The van der Waals surface area contributed by atoms with E-state index in [1.54, 1.807) is 0 Å². The zero-order valence-electron chi connectivity index (χ0n) is 18.3. The molecule has 3 atom stereocenters. The lowest BCUT2D eigenvalue weighted by Crippen LogP contribution is -2.53. The minimum atomic E-state index is 0.352. The van der Waals surface area contributed by atoms with Gasteiger partial charge in [-0.2, -0.15) is 9.97 Å². The van der Waals surface area contributed by atoms with Gasteiger partial charge < -0.3 is 15.5 Å². The van der Waals surface area contributed by atoms with Crippen LogP contribution >= 0.6 is 0 Å². The van der Waals surface area contributed by atoms with Crippen molar-refractivity contribution >= 4 is 23.3 Å². The highest BCUT2D eigenvalue weighted by atomic mass is 15.2. The van der Waals surface area contributed by atoms with E-state index in [-0.39, 0.29) is 0 Å². The van der Waals surface area contributed by atoms with Crippen LogP contribution in [0, 0.1) is 23.2 Å². The van der Waals surface area contributed by atoms with Crippen LogP contribution in [0.3, 0.4) is 0 Å². The molecule has 1 aliphatic carbocycles. The van der Waals surface area contributed by atoms with Crippen LogP contribution in [0.15, 0.2) is 36.4 Å². The lowest BCUT2D eigenvalue weighted by molar-refractivity contribution is -0.0286. The van der Waals surface area contributed by atoms with Gasteiger partial charge in [0, 0.05) is 31.9 Å². The van der Waals surface area contributed by atoms with Gasteiger partial charge in [0.1, 0.15) is 11.6 Å². The van der Waals surface area contributed by atoms with Gasteiger partial charge in [-0.1, -0.05) is 52.8 Å². The first-order chi connectivity index (χ1) is 13.2. The van der Waals surface area contributed by atoms with Gasteiger partial charge in [-0.3, -0.25) is 0 Å². The molecule has 28 heavy (non-hydrogen) atoms. The molecular formula is C23H35N5. The van der Waals surface area contributed by atoms with Crippen LogP contribution in [0.5, 0.6) is 0 Å². The molecule has 0 radical (unpaired) electrons. The van der Waals surface area contributed by atoms with Crippen molar-refractivity contribution in [3.63, 3.8) is 0 Å². The minimum absolute atomic E-state index is 0.352. The lowest BCUT2D eigenvalue weighted by atomic mass is 9.52. The number of aromatic nitrogens is 2. The average molecular weight is 382 g/mol. The number of nitrogens with one attached hydrogen (secondary N) is 2. The highest BCUT2D eigenvalue weighted by Crippen LogP contribution is 2.54. The van der Waals surface area contributed by atoms with Crippen LogP contribution in [0.25, 0.3) is 0 Å². The van der Waals surface area contributed by atoms with Gasteiger partial charge >= 0.3 is 0 Å². The Bertz CT molecular complexity index is 785. The molecular weight excluding hydrogens is 346 g/mol. The maximum Gasteiger partial charge on any atom is 0.231 e. The van der Waals surface area contributed by atoms with E-state index < -0.39 is 0 Å². The zero-order valence-corrected chi connectivity index (χ0v) is 18.3. The normalized spacial score (nSPS) is 21.7. The predicted molar refractivity (Wildman–Crippen MR) is 119 cm³/mol. The Kier molecular flexibility index (Phi) is 5.82. The van der Waals surface area contributed by atoms with E-state index in [2.05, 4.69) is 50.2 Å². The minimum Gasteiger partial charge on any atom is -0.367 e. The Morgan fingerprint density at radius 3 is 2.32 bits per heavy atom. The molecule has 0 spiro atoms. The number of para-hydroxylation sites is 1. The third-order valence-electron chi connectivity index (χ3n) is 6.50. The summed E-state index contributed by atoms with van der Waals surface area (Å²) in [5.74, 6) is 4.32. The largest absolute Gasteiger partial charge is 0.367 e. The number of nitrogens with zero attached hydrogens (tertiary/aromatic N) is 3. The van der Waals surface area contributed by atoms with Crippen molar-refractivity contribution in [3.8, 4) is 0 Å². The van der Waals surface area contributed by atoms with Crippen molar-refractivity contribution in [3.05, 3.63) is 36.4 Å². The molecule has 0 aliphatic heterocycles. The molecule has 5 heteroatoms. The van der Waals surface area contributed by atoms with Crippen molar-refractivity contribution < 1.29 is 0 Å². The van der Waals surface area contributed by atoms with Gasteiger partial charge in [-0.05, 0) is 41.7 Å². The molecule has 0 amide bonds. The average Bonchev–Trinajstić information content (AvgIpc) is 2.65. The molecule has 0 bridgehead atoms. The van der Waals surface area contributed by atoms with Gasteiger partial charge in [0.25, 0.3) is 0 Å². The van der Waals surface area contributed by atoms with Crippen LogP contribution < -0.4 is 15.5 Å². The summed E-state index contributed by atoms with van der Waals surface area (Å²) < 4.78 is 0. The van der Waals surface area contributed by atoms with Gasteiger partial charge in [0.05, 0.1) is 0 Å². The van der Waals surface area contributed by atoms with Gasteiger partial charge in [0.2, 0.25) is 5.95 Å². The fourth-order valence-electron chi connectivity index (χ4n) is 4.15. The Balaban J connectivity index is 1.87. The number of benzene rings is 1. The third kappa shape index (κ3) is 4.23. The fourth-order valence-corrected chi connectivity index (χ4v) is 4.15. The molecule has 1 fully saturated rings. The van der Waals surface area contributed by atoms with Crippen LogP contribution in [0.2, 0.25) is 0 Å². The molecule has 3 rings (SSSR count). The number of hydrogen-bond acceptors (Lipinski definition) is 5. The monoisotopic (exact) mass is 381 g/mol. The van der Waals surface area contributed by atoms with Crippen molar-refractivity contribution in [1.82, 2.24) is 9.97 Å². The van der Waals surface area contributed by atoms with Gasteiger partial charge in [-0.25, -0.2) is 0 Å². The zero-order chi connectivity index (χ0) is 20.5. The molecule has 0 saturated heterocycles. The third-order valence-corrected chi connectivity index (χ3v) is 6.50. The first-order valence-electron chi connectivity index (χ1n) is 10.3. The van der Waals surface area contributed by atoms with Gasteiger partial charge in [0.15, 0.2) is 0 Å². The second-order valence-electron chi connectivity index (χ2n) is 9.30. The standard InChI is InChI=1S/C23H35N5/c1-15(2)21(18-13-16(3)23(18,4)5)25-19-14-20(28(6)7)27-22(26-19)24-17-11-9-8-10-12-17/h8-12,14-16,18,21H,13H2,1-7H3,(H2,24,25,26,27)/t16?,18?,21-/m1/s1. The molecule has 1 saturated carbocycles. The molecule has 2 unspecified atom stereocenters. The van der Waals surface area contributed by atoms with E-state index in [0.717, 1.165) is 23.2 Å². The fraction of sp³-hybridized carbons (Fsp3) is 0.565. The number of anilines is 4. The summed E-state index contributed by atoms with van der Waals surface area (Å²) in [5.41, 5.74) is 1.34. The summed E-state index contributed by atoms with van der Waals surface area (Å²) >= 11 is 0. The van der Waals surface area contributed by atoms with Crippen LogP contribution in [0.4, 0.5) is 23.3 Å². The first kappa shape index (κ1) is 20.4. The Hall–Kier alpha value is -2.30. The first-order valence-corrected chi connectivity index (χ1v) is 10.3. The van der Waals surface area contributed by atoms with Crippen molar-refractivity contribution in [2.24, 2.45) is 23.2 Å². The molecule has 1 heterocycles. The summed E-state index contributed by atoms with van der Waals surface area (Å²) in [6, 6.07) is 12.5. The maximum atomic E-state index is 4.78. The number of rotatable bonds is 7.